The number of hydrogen-bond donors (Lipinski definition) is 2. The van der Waals surface area contributed by atoms with Crippen LogP contribution < -0.4 is 15.6 Å². The minimum absolute atomic E-state index is 0.0931. The molecule has 4 aromatic rings. The molecule has 2 aromatic carbocycles. The number of rotatable bonds is 7. The number of amides is 1. The highest BCUT2D eigenvalue weighted by Gasteiger charge is 2.16. The Morgan fingerprint density at radius 2 is 1.88 bits per heavy atom. The molecule has 8 heteroatoms. The highest BCUT2D eigenvalue weighted by Crippen LogP contribution is 2.21. The Hall–Kier alpha value is -3.65. The van der Waals surface area contributed by atoms with Gasteiger partial charge in [0.15, 0.2) is 0 Å². The number of nitrogens with one attached hydrogen (secondary N) is 2. The van der Waals surface area contributed by atoms with Crippen LogP contribution in [0, 0.1) is 0 Å². The number of ether oxygens (including phenoxy) is 1. The van der Waals surface area contributed by atoms with E-state index in [1.165, 1.54) is 17.5 Å². The van der Waals surface area contributed by atoms with Gasteiger partial charge in [-0.2, -0.15) is 5.10 Å². The van der Waals surface area contributed by atoms with Gasteiger partial charge in [-0.25, -0.2) is 4.68 Å². The smallest absolute Gasteiger partial charge is 0.274 e. The Labute approximate surface area is 191 Å². The van der Waals surface area contributed by atoms with E-state index in [9.17, 15) is 9.59 Å². The zero-order valence-electron chi connectivity index (χ0n) is 18.6. The van der Waals surface area contributed by atoms with Crippen LogP contribution in [0.15, 0.2) is 53.3 Å². The average Bonchev–Trinajstić information content (AvgIpc) is 3.52. The lowest BCUT2D eigenvalue weighted by atomic mass is 10.1. The molecule has 0 aliphatic carbocycles. The van der Waals surface area contributed by atoms with Crippen LogP contribution in [0.4, 0.5) is 0 Å². The number of aromatic amines is 1. The molecule has 8 nitrogen and oxygen atoms in total. The molecule has 0 bridgehead atoms. The molecule has 0 radical (unpaired) electrons. The molecule has 1 saturated heterocycles. The van der Waals surface area contributed by atoms with Crippen LogP contribution in [-0.4, -0.2) is 52.3 Å². The van der Waals surface area contributed by atoms with Crippen LogP contribution in [0.5, 0.6) is 5.75 Å². The van der Waals surface area contributed by atoms with Gasteiger partial charge in [-0.1, -0.05) is 18.2 Å². The van der Waals surface area contributed by atoms with Crippen molar-refractivity contribution in [3.8, 4) is 5.75 Å². The summed E-state index contributed by atoms with van der Waals surface area (Å²) < 4.78 is 6.79. The molecule has 1 fully saturated rings. The van der Waals surface area contributed by atoms with Crippen molar-refractivity contribution < 1.29 is 9.53 Å². The van der Waals surface area contributed by atoms with Gasteiger partial charge in [-0.15, -0.1) is 0 Å². The van der Waals surface area contributed by atoms with Gasteiger partial charge in [-0.3, -0.25) is 9.59 Å². The Morgan fingerprint density at radius 3 is 2.67 bits per heavy atom. The predicted molar refractivity (Wildman–Crippen MR) is 128 cm³/mol. The van der Waals surface area contributed by atoms with Gasteiger partial charge in [0.1, 0.15) is 11.4 Å². The maximum absolute atomic E-state index is 13.0. The lowest BCUT2D eigenvalue weighted by molar-refractivity contribution is 0.0946. The number of fused-ring (bicyclic) bond motifs is 2. The number of hydrogen-bond acceptors (Lipinski definition) is 5. The van der Waals surface area contributed by atoms with Crippen molar-refractivity contribution in [3.05, 3.63) is 70.3 Å². The van der Waals surface area contributed by atoms with Crippen LogP contribution in [0.1, 0.15) is 29.0 Å². The molecule has 2 aromatic heterocycles. The molecule has 33 heavy (non-hydrogen) atoms. The summed E-state index contributed by atoms with van der Waals surface area (Å²) in [6.07, 6.45) is 2.41. The van der Waals surface area contributed by atoms with Crippen LogP contribution in [-0.2, 0) is 13.1 Å². The van der Waals surface area contributed by atoms with E-state index in [4.69, 9.17) is 4.74 Å². The van der Waals surface area contributed by atoms with Gasteiger partial charge in [0.05, 0.1) is 31.3 Å². The van der Waals surface area contributed by atoms with E-state index >= 15 is 0 Å². The van der Waals surface area contributed by atoms with E-state index in [-0.39, 0.29) is 18.0 Å². The number of H-pyrrole nitrogens is 1. The standard InChI is InChI=1S/C25H27N5O3/c1-33-18-9-8-17-14-22(27-21(17)15-18)24(31)26-16-23-19-6-2-3-7-20(19)25(32)30(28-23)13-12-29-10-4-5-11-29/h2-3,6-9,14-15,27H,4-5,10-13,16H2,1H3,(H,26,31). The molecule has 0 saturated carbocycles. The molecule has 1 aliphatic rings. The summed E-state index contributed by atoms with van der Waals surface area (Å²) in [5, 5.41) is 9.90. The van der Waals surface area contributed by atoms with Crippen LogP contribution in [0.3, 0.4) is 0 Å². The first-order valence-corrected chi connectivity index (χ1v) is 11.3. The lowest BCUT2D eigenvalue weighted by Gasteiger charge is -2.16. The zero-order valence-corrected chi connectivity index (χ0v) is 18.6. The van der Waals surface area contributed by atoms with Crippen molar-refractivity contribution in [2.45, 2.75) is 25.9 Å². The molecule has 5 rings (SSSR count). The van der Waals surface area contributed by atoms with Crippen molar-refractivity contribution in [2.75, 3.05) is 26.7 Å². The van der Waals surface area contributed by atoms with Crippen LogP contribution >= 0.6 is 0 Å². The van der Waals surface area contributed by atoms with Crippen molar-refractivity contribution in [1.29, 1.82) is 0 Å². The number of carbonyl (C=O) groups is 1. The summed E-state index contributed by atoms with van der Waals surface area (Å²) in [5.41, 5.74) is 1.88. The quantitative estimate of drug-likeness (QED) is 0.456. The first-order chi connectivity index (χ1) is 16.1. The van der Waals surface area contributed by atoms with Gasteiger partial charge in [0.25, 0.3) is 11.5 Å². The predicted octanol–water partition coefficient (Wildman–Crippen LogP) is 2.91. The molecule has 0 atom stereocenters. The van der Waals surface area contributed by atoms with E-state index < -0.39 is 0 Å². The summed E-state index contributed by atoms with van der Waals surface area (Å²) >= 11 is 0. The Morgan fingerprint density at radius 1 is 1.09 bits per heavy atom. The molecule has 3 heterocycles. The number of methoxy groups -OCH3 is 1. The molecule has 0 unspecified atom stereocenters. The van der Waals surface area contributed by atoms with E-state index in [0.717, 1.165) is 41.7 Å². The van der Waals surface area contributed by atoms with Gasteiger partial charge < -0.3 is 19.9 Å². The maximum atomic E-state index is 13.0. The summed E-state index contributed by atoms with van der Waals surface area (Å²) in [5.74, 6) is 0.494. The topological polar surface area (TPSA) is 92.2 Å². The fourth-order valence-corrected chi connectivity index (χ4v) is 4.44. The number of nitrogens with zero attached hydrogens (tertiary/aromatic N) is 3. The van der Waals surface area contributed by atoms with Gasteiger partial charge in [0.2, 0.25) is 0 Å². The van der Waals surface area contributed by atoms with Crippen LogP contribution in [0.2, 0.25) is 0 Å². The number of aromatic nitrogens is 3. The normalized spacial score (nSPS) is 14.2. The fourth-order valence-electron chi connectivity index (χ4n) is 4.44. The highest BCUT2D eigenvalue weighted by molar-refractivity contribution is 5.98. The second-order valence-electron chi connectivity index (χ2n) is 8.39. The minimum Gasteiger partial charge on any atom is -0.497 e. The van der Waals surface area contributed by atoms with Crippen molar-refractivity contribution in [3.63, 3.8) is 0 Å². The van der Waals surface area contributed by atoms with Crippen molar-refractivity contribution in [2.24, 2.45) is 0 Å². The summed E-state index contributed by atoms with van der Waals surface area (Å²) in [7, 11) is 1.61. The third-order valence-corrected chi connectivity index (χ3v) is 6.26. The summed E-state index contributed by atoms with van der Waals surface area (Å²) in [6, 6.07) is 14.9. The molecule has 2 N–H and O–H groups in total. The third kappa shape index (κ3) is 4.34. The Balaban J connectivity index is 1.38. The average molecular weight is 446 g/mol. The van der Waals surface area contributed by atoms with Crippen molar-refractivity contribution in [1.82, 2.24) is 25.0 Å². The van der Waals surface area contributed by atoms with E-state index in [2.05, 4.69) is 20.3 Å². The van der Waals surface area contributed by atoms with Crippen LogP contribution in [0.25, 0.3) is 21.7 Å². The zero-order chi connectivity index (χ0) is 22.8. The van der Waals surface area contributed by atoms with Gasteiger partial charge in [-0.05, 0) is 50.2 Å². The largest absolute Gasteiger partial charge is 0.497 e. The molecule has 1 amide bonds. The number of carbonyl (C=O) groups excluding carboxylic acids is 1. The van der Waals surface area contributed by atoms with E-state index in [0.29, 0.717) is 23.3 Å². The molecule has 0 spiro atoms. The first-order valence-electron chi connectivity index (χ1n) is 11.3. The molecule has 170 valence electrons. The molecule has 1 aliphatic heterocycles. The molecular weight excluding hydrogens is 418 g/mol. The summed E-state index contributed by atoms with van der Waals surface area (Å²) in [6.45, 7) is 3.70. The second-order valence-corrected chi connectivity index (χ2v) is 8.39. The summed E-state index contributed by atoms with van der Waals surface area (Å²) in [4.78, 5) is 31.3. The first kappa shape index (κ1) is 21.2. The number of benzene rings is 2. The number of likely N-dealkylation sites (tertiary alicyclic amines) is 1. The van der Waals surface area contributed by atoms with Gasteiger partial charge >= 0.3 is 0 Å². The van der Waals surface area contributed by atoms with E-state index in [1.807, 2.05) is 48.5 Å². The molecular formula is C25H27N5O3. The van der Waals surface area contributed by atoms with Gasteiger partial charge in [0, 0.05) is 28.9 Å². The highest BCUT2D eigenvalue weighted by atomic mass is 16.5. The maximum Gasteiger partial charge on any atom is 0.274 e. The SMILES string of the molecule is COc1ccc2cc(C(=O)NCc3nn(CCN4CCCC4)c(=O)c4ccccc34)[nH]c2c1. The minimum atomic E-state index is -0.231. The van der Waals surface area contributed by atoms with Crippen molar-refractivity contribution >= 4 is 27.6 Å². The third-order valence-electron chi connectivity index (χ3n) is 6.26. The Bertz CT molecular complexity index is 1370. The second kappa shape index (κ2) is 9.07. The van der Waals surface area contributed by atoms with E-state index in [1.54, 1.807) is 7.11 Å². The Kier molecular flexibility index (Phi) is 5.83. The lowest BCUT2D eigenvalue weighted by Crippen LogP contribution is -2.32. The fraction of sp³-hybridized carbons (Fsp3) is 0.320. The monoisotopic (exact) mass is 445 g/mol.